The van der Waals surface area contributed by atoms with Crippen LogP contribution in [0.5, 0.6) is 0 Å². The molecule has 1 heterocycles. The monoisotopic (exact) mass is 614 g/mol. The van der Waals surface area contributed by atoms with Gasteiger partial charge in [0, 0.05) is 35.1 Å². The number of alkyl halides is 6. The molecule has 0 bridgehead atoms. The summed E-state index contributed by atoms with van der Waals surface area (Å²) in [6.07, 6.45) is -4.71. The summed E-state index contributed by atoms with van der Waals surface area (Å²) in [4.78, 5) is 1.71. The summed E-state index contributed by atoms with van der Waals surface area (Å²) in [5.74, 6) is 5.30. The molecule has 0 amide bonds. The Balaban J connectivity index is 1.60. The number of anilines is 2. The maximum Gasteiger partial charge on any atom is 0.418 e. The Morgan fingerprint density at radius 2 is 1.67 bits per heavy atom. The Labute approximate surface area is 241 Å². The fourth-order valence-electron chi connectivity index (χ4n) is 5.24. The van der Waals surface area contributed by atoms with E-state index in [1.165, 1.54) is 0 Å². The molecule has 2 N–H and O–H groups in total. The minimum absolute atomic E-state index is 0.0677. The lowest BCUT2D eigenvalue weighted by molar-refractivity contribution is -0.140. The Morgan fingerprint density at radius 1 is 0.976 bits per heavy atom. The van der Waals surface area contributed by atoms with Gasteiger partial charge in [-0.25, -0.2) is 8.42 Å². The molecular weight excluding hydrogens is 582 g/mol. The van der Waals surface area contributed by atoms with Gasteiger partial charge in [-0.3, -0.25) is 0 Å². The lowest BCUT2D eigenvalue weighted by atomic mass is 9.90. The van der Waals surface area contributed by atoms with E-state index in [4.69, 9.17) is 0 Å². The molecule has 0 radical (unpaired) electrons. The normalized spacial score (nSPS) is 18.1. The van der Waals surface area contributed by atoms with Gasteiger partial charge in [0.15, 0.2) is 9.84 Å². The third-order valence-corrected chi connectivity index (χ3v) is 8.49. The number of hydrogen-bond donors (Lipinski definition) is 2. The molecule has 3 aromatic rings. The van der Waals surface area contributed by atoms with Gasteiger partial charge in [-0.05, 0) is 82.1 Å². The van der Waals surface area contributed by atoms with Crippen molar-refractivity contribution >= 4 is 32.1 Å². The molecule has 0 unspecified atom stereocenters. The second-order valence-corrected chi connectivity index (χ2v) is 12.7. The van der Waals surface area contributed by atoms with Crippen molar-refractivity contribution < 1.29 is 34.8 Å². The second kappa shape index (κ2) is 12.1. The molecule has 0 spiro atoms. The van der Waals surface area contributed by atoms with Crippen molar-refractivity contribution in [2.75, 3.05) is 37.5 Å². The Bertz CT molecular complexity index is 1590. The van der Waals surface area contributed by atoms with Gasteiger partial charge in [-0.1, -0.05) is 12.0 Å². The van der Waals surface area contributed by atoms with Gasteiger partial charge in [-0.2, -0.15) is 26.3 Å². The standard InChI is InChI=1S/C29H32F6N4O2S/c1-38(2)20-11-9-19(10-12-20)37-25-7-4-8-27-23(25)16-21(39(27)18-28(30,31)32)6-5-15-36-26-14-13-22(42(3,40)41)17-24(26)29(33,34)35/h4,7-8,13-14,16-17,19-20,36-37H,9-12,15,18H2,1-3H3. The predicted molar refractivity (Wildman–Crippen MR) is 151 cm³/mol. The Morgan fingerprint density at radius 3 is 2.26 bits per heavy atom. The van der Waals surface area contributed by atoms with Gasteiger partial charge in [0.05, 0.1) is 28.2 Å². The van der Waals surface area contributed by atoms with Gasteiger partial charge in [0.2, 0.25) is 0 Å². The third-order valence-electron chi connectivity index (χ3n) is 7.38. The predicted octanol–water partition coefficient (Wildman–Crippen LogP) is 6.37. The van der Waals surface area contributed by atoms with E-state index < -0.39 is 44.9 Å². The molecule has 1 aliphatic carbocycles. The molecule has 4 rings (SSSR count). The van der Waals surface area contributed by atoms with Crippen molar-refractivity contribution in [1.82, 2.24) is 9.47 Å². The van der Waals surface area contributed by atoms with Crippen molar-refractivity contribution in [3.8, 4) is 11.8 Å². The van der Waals surface area contributed by atoms with E-state index in [9.17, 15) is 34.8 Å². The highest BCUT2D eigenvalue weighted by molar-refractivity contribution is 7.90. The molecule has 1 saturated carbocycles. The number of nitrogens with one attached hydrogen (secondary N) is 2. The van der Waals surface area contributed by atoms with Crippen LogP contribution in [0.25, 0.3) is 10.9 Å². The first-order chi connectivity index (χ1) is 19.5. The highest BCUT2D eigenvalue weighted by Gasteiger charge is 2.34. The number of nitrogens with zero attached hydrogens (tertiary/aromatic N) is 2. The van der Waals surface area contributed by atoms with E-state index in [1.807, 2.05) is 20.2 Å². The highest BCUT2D eigenvalue weighted by atomic mass is 32.2. The van der Waals surface area contributed by atoms with E-state index >= 15 is 0 Å². The van der Waals surface area contributed by atoms with Crippen LogP contribution in [-0.4, -0.2) is 63.0 Å². The number of halogens is 6. The number of fused-ring (bicyclic) bond motifs is 1. The summed E-state index contributed by atoms with van der Waals surface area (Å²) >= 11 is 0. The summed E-state index contributed by atoms with van der Waals surface area (Å²) in [5, 5.41) is 6.57. The fraction of sp³-hybridized carbons (Fsp3) is 0.448. The molecule has 1 aromatic heterocycles. The average molecular weight is 615 g/mol. The van der Waals surface area contributed by atoms with E-state index in [1.54, 1.807) is 18.2 Å². The van der Waals surface area contributed by atoms with Gasteiger partial charge in [0.25, 0.3) is 0 Å². The largest absolute Gasteiger partial charge is 0.418 e. The molecule has 6 nitrogen and oxygen atoms in total. The second-order valence-electron chi connectivity index (χ2n) is 10.7. The van der Waals surface area contributed by atoms with Crippen LogP contribution < -0.4 is 10.6 Å². The summed E-state index contributed by atoms with van der Waals surface area (Å²) < 4.78 is 106. The van der Waals surface area contributed by atoms with Crippen LogP contribution in [0.4, 0.5) is 37.7 Å². The zero-order valence-corrected chi connectivity index (χ0v) is 24.1. The van der Waals surface area contributed by atoms with Gasteiger partial charge in [0.1, 0.15) is 6.54 Å². The van der Waals surface area contributed by atoms with Crippen molar-refractivity contribution in [1.29, 1.82) is 0 Å². The zero-order chi connectivity index (χ0) is 30.9. The SMILES string of the molecule is CN(C)C1CCC(Nc2cccc3c2cc(C#CCNc2ccc(S(C)(=O)=O)cc2C(F)(F)F)n3CC(F)(F)F)CC1. The average Bonchev–Trinajstić information content (AvgIpc) is 3.22. The van der Waals surface area contributed by atoms with E-state index in [2.05, 4.69) is 27.4 Å². The summed E-state index contributed by atoms with van der Waals surface area (Å²) in [6.45, 7) is -1.61. The molecule has 1 aliphatic rings. The first-order valence-corrected chi connectivity index (χ1v) is 15.2. The van der Waals surface area contributed by atoms with Crippen molar-refractivity contribution in [3.63, 3.8) is 0 Å². The number of sulfone groups is 1. The van der Waals surface area contributed by atoms with Gasteiger partial charge < -0.3 is 20.1 Å². The molecule has 2 aromatic carbocycles. The molecule has 0 atom stereocenters. The number of hydrogen-bond acceptors (Lipinski definition) is 5. The number of aromatic nitrogens is 1. The van der Waals surface area contributed by atoms with Crippen LogP contribution in [-0.2, 0) is 22.6 Å². The van der Waals surface area contributed by atoms with Gasteiger partial charge in [-0.15, -0.1) is 0 Å². The van der Waals surface area contributed by atoms with Crippen LogP contribution in [0.3, 0.4) is 0 Å². The molecule has 0 aliphatic heterocycles. The van der Waals surface area contributed by atoms with Crippen LogP contribution in [0, 0.1) is 11.8 Å². The first-order valence-electron chi connectivity index (χ1n) is 13.3. The van der Waals surface area contributed by atoms with E-state index in [-0.39, 0.29) is 18.3 Å². The minimum Gasteiger partial charge on any atom is -0.382 e. The van der Waals surface area contributed by atoms with Crippen LogP contribution in [0.2, 0.25) is 0 Å². The number of benzene rings is 2. The van der Waals surface area contributed by atoms with Crippen molar-refractivity contribution in [3.05, 3.63) is 53.7 Å². The summed E-state index contributed by atoms with van der Waals surface area (Å²) in [7, 11) is 0.219. The van der Waals surface area contributed by atoms with Crippen LogP contribution >= 0.6 is 0 Å². The molecule has 1 fully saturated rings. The Kier molecular flexibility index (Phi) is 9.08. The van der Waals surface area contributed by atoms with Crippen LogP contribution in [0.1, 0.15) is 36.9 Å². The minimum atomic E-state index is -4.84. The van der Waals surface area contributed by atoms with E-state index in [0.29, 0.717) is 28.7 Å². The highest BCUT2D eigenvalue weighted by Crippen LogP contribution is 2.36. The fourth-order valence-corrected chi connectivity index (χ4v) is 5.88. The summed E-state index contributed by atoms with van der Waals surface area (Å²) in [5.41, 5.74) is -0.474. The van der Waals surface area contributed by atoms with Crippen molar-refractivity contribution in [2.24, 2.45) is 0 Å². The lowest BCUT2D eigenvalue weighted by Gasteiger charge is -2.33. The molecule has 0 saturated heterocycles. The third kappa shape index (κ3) is 7.72. The van der Waals surface area contributed by atoms with Crippen LogP contribution in [0.15, 0.2) is 47.4 Å². The van der Waals surface area contributed by atoms with E-state index in [0.717, 1.165) is 48.6 Å². The zero-order valence-electron chi connectivity index (χ0n) is 23.3. The quantitative estimate of drug-likeness (QED) is 0.239. The topological polar surface area (TPSA) is 66.4 Å². The summed E-state index contributed by atoms with van der Waals surface area (Å²) in [6, 6.07) is 9.88. The maximum atomic E-state index is 13.6. The molecule has 228 valence electrons. The molecular formula is C29H32F6N4O2S. The van der Waals surface area contributed by atoms with Gasteiger partial charge >= 0.3 is 12.4 Å². The lowest BCUT2D eigenvalue weighted by Crippen LogP contribution is -2.36. The molecule has 13 heteroatoms. The maximum absolute atomic E-state index is 13.6. The number of rotatable bonds is 7. The smallest absolute Gasteiger partial charge is 0.382 e. The van der Waals surface area contributed by atoms with Crippen molar-refractivity contribution in [2.45, 2.75) is 61.6 Å². The first kappa shape index (κ1) is 31.6. The Hall–Kier alpha value is -3.37. The molecule has 42 heavy (non-hydrogen) atoms.